The van der Waals surface area contributed by atoms with Crippen molar-refractivity contribution in [1.29, 1.82) is 0 Å². The number of hydrogen-bond donors (Lipinski definition) is 0. The molecule has 0 radical (unpaired) electrons. The van der Waals surface area contributed by atoms with Gasteiger partial charge < -0.3 is 0 Å². The summed E-state index contributed by atoms with van der Waals surface area (Å²) in [6, 6.07) is 32.8. The number of hydrogen-bond acceptors (Lipinski definition) is 4. The molecule has 0 saturated carbocycles. The van der Waals surface area contributed by atoms with E-state index in [0.717, 1.165) is 16.0 Å². The van der Waals surface area contributed by atoms with Crippen molar-refractivity contribution in [1.82, 2.24) is 0 Å². The van der Waals surface area contributed by atoms with E-state index in [4.69, 9.17) is 0 Å². The van der Waals surface area contributed by atoms with Crippen LogP contribution in [0.4, 0.5) is 0 Å². The lowest BCUT2D eigenvalue weighted by Crippen LogP contribution is -1.85. The number of thiophene rings is 3. The molecule has 0 unspecified atom stereocenters. The van der Waals surface area contributed by atoms with Crippen LogP contribution in [0.5, 0.6) is 0 Å². The summed E-state index contributed by atoms with van der Waals surface area (Å²) >= 11 is 5.18. The van der Waals surface area contributed by atoms with Gasteiger partial charge in [0.1, 0.15) is 0 Å². The Labute approximate surface area is 202 Å². The third-order valence-corrected chi connectivity index (χ3v) is 9.84. The minimum Gasteiger partial charge on any atom is -0.297 e. The zero-order valence-electron chi connectivity index (χ0n) is 17.4. The minimum absolute atomic E-state index is 0.771. The highest BCUT2D eigenvalue weighted by Crippen LogP contribution is 2.44. The second kappa shape index (κ2) is 7.35. The quantitative estimate of drug-likeness (QED) is 0.183. The summed E-state index contributed by atoms with van der Waals surface area (Å²) in [6.45, 7) is 0. The van der Waals surface area contributed by atoms with Crippen LogP contribution in [0.2, 0.25) is 0 Å². The summed E-state index contributed by atoms with van der Waals surface area (Å²) in [5.41, 5.74) is 1.29. The normalized spacial score (nSPS) is 11.8. The average molecular weight is 477 g/mol. The molecule has 0 aliphatic rings. The minimum atomic E-state index is 0.771. The van der Waals surface area contributed by atoms with Crippen molar-refractivity contribution in [2.45, 2.75) is 0 Å². The highest BCUT2D eigenvalue weighted by Gasteiger charge is 2.14. The average Bonchev–Trinajstić information content (AvgIpc) is 3.62. The fraction of sp³-hybridized carbons (Fsp3) is 0. The monoisotopic (exact) mass is 476 g/mol. The van der Waals surface area contributed by atoms with E-state index in [-0.39, 0.29) is 0 Å². The molecule has 0 aliphatic carbocycles. The van der Waals surface area contributed by atoms with Crippen molar-refractivity contribution in [3.05, 3.63) is 95.9 Å². The van der Waals surface area contributed by atoms with Gasteiger partial charge >= 0.3 is 0 Å². The molecule has 0 aliphatic heterocycles. The maximum Gasteiger partial charge on any atom is 0.160 e. The topological polar surface area (TPSA) is 17.1 Å². The van der Waals surface area contributed by atoms with Gasteiger partial charge in [-0.1, -0.05) is 54.6 Å². The van der Waals surface area contributed by atoms with E-state index in [1.807, 2.05) is 23.5 Å². The molecule has 4 aromatic carbocycles. The Bertz CT molecular complexity index is 1780. The first-order valence-corrected chi connectivity index (χ1v) is 13.2. The second-order valence-corrected chi connectivity index (χ2v) is 11.4. The number of carbonyl (C=O) groups is 1. The van der Waals surface area contributed by atoms with E-state index >= 15 is 0 Å². The van der Waals surface area contributed by atoms with E-state index in [1.54, 1.807) is 22.7 Å². The highest BCUT2D eigenvalue weighted by molar-refractivity contribution is 7.27. The fourth-order valence-corrected chi connectivity index (χ4v) is 7.77. The van der Waals surface area contributed by atoms with E-state index < -0.39 is 0 Å². The predicted octanol–water partition coefficient (Wildman–Crippen LogP) is 9.58. The van der Waals surface area contributed by atoms with Gasteiger partial charge in [-0.3, -0.25) is 4.79 Å². The predicted molar refractivity (Wildman–Crippen MR) is 145 cm³/mol. The zero-order valence-corrected chi connectivity index (χ0v) is 19.8. The van der Waals surface area contributed by atoms with Crippen LogP contribution in [0.1, 0.15) is 9.67 Å². The second-order valence-electron chi connectivity index (χ2n) is 8.12. The molecule has 0 N–H and O–H groups in total. The molecule has 0 saturated heterocycles. The number of aldehydes is 1. The molecule has 0 fully saturated rings. The molecule has 156 valence electrons. The molecule has 3 aromatic heterocycles. The molecule has 7 aromatic rings. The van der Waals surface area contributed by atoms with Crippen LogP contribution in [-0.2, 0) is 0 Å². The van der Waals surface area contributed by atoms with Crippen LogP contribution >= 0.6 is 34.0 Å². The standard InChI is InChI=1S/C29H16OS3/c30-16-20-8-11-24(31-20)25-14-15-27(33-25)26-13-12-23(32-26)21-9-6-19-5-4-17-2-1-3-18-7-10-22(21)29(19)28(17)18/h1-16H. The van der Waals surface area contributed by atoms with Crippen molar-refractivity contribution in [2.24, 2.45) is 0 Å². The Morgan fingerprint density at radius 2 is 1.03 bits per heavy atom. The van der Waals surface area contributed by atoms with Gasteiger partial charge in [0.25, 0.3) is 0 Å². The summed E-state index contributed by atoms with van der Waals surface area (Å²) in [5, 5.41) is 7.93. The SMILES string of the molecule is O=Cc1ccc(-c2ccc(-c3ccc(-c4ccc5ccc6cccc7ccc4c5c67)s3)s2)s1. The summed E-state index contributed by atoms with van der Waals surface area (Å²) in [5.74, 6) is 0. The molecule has 0 amide bonds. The number of carbonyl (C=O) groups excluding carboxylic acids is 1. The molecule has 4 heteroatoms. The van der Waals surface area contributed by atoms with Gasteiger partial charge in [-0.05, 0) is 74.3 Å². The largest absolute Gasteiger partial charge is 0.297 e. The maximum absolute atomic E-state index is 11.0. The molecule has 0 bridgehead atoms. The first kappa shape index (κ1) is 19.2. The van der Waals surface area contributed by atoms with Gasteiger partial charge in [0.15, 0.2) is 6.29 Å². The number of benzene rings is 4. The fourth-order valence-electron chi connectivity index (χ4n) is 4.72. The summed E-state index contributed by atoms with van der Waals surface area (Å²) in [6.07, 6.45) is 0.921. The van der Waals surface area contributed by atoms with E-state index in [2.05, 4.69) is 78.9 Å². The Morgan fingerprint density at radius 1 is 0.485 bits per heavy atom. The first-order chi connectivity index (χ1) is 16.3. The third kappa shape index (κ3) is 2.99. The molecule has 33 heavy (non-hydrogen) atoms. The van der Waals surface area contributed by atoms with Crippen LogP contribution in [0, 0.1) is 0 Å². The van der Waals surface area contributed by atoms with Gasteiger partial charge in [-0.25, -0.2) is 0 Å². The van der Waals surface area contributed by atoms with Gasteiger partial charge in [0, 0.05) is 24.4 Å². The third-order valence-electron chi connectivity index (χ3n) is 6.23. The summed E-state index contributed by atoms with van der Waals surface area (Å²) < 4.78 is 0. The van der Waals surface area contributed by atoms with Crippen molar-refractivity contribution in [3.8, 4) is 29.9 Å². The Morgan fingerprint density at radius 3 is 1.73 bits per heavy atom. The maximum atomic E-state index is 11.0. The van der Waals surface area contributed by atoms with Gasteiger partial charge in [0.05, 0.1) is 4.88 Å². The van der Waals surface area contributed by atoms with Crippen LogP contribution in [0.3, 0.4) is 0 Å². The molecular weight excluding hydrogens is 461 g/mol. The van der Waals surface area contributed by atoms with Crippen molar-refractivity contribution in [2.75, 3.05) is 0 Å². The summed E-state index contributed by atoms with van der Waals surface area (Å²) in [7, 11) is 0. The highest BCUT2D eigenvalue weighted by atomic mass is 32.1. The lowest BCUT2D eigenvalue weighted by Gasteiger charge is -2.13. The zero-order chi connectivity index (χ0) is 21.9. The van der Waals surface area contributed by atoms with E-state index in [0.29, 0.717) is 0 Å². The molecule has 0 atom stereocenters. The molecule has 1 nitrogen and oxygen atoms in total. The van der Waals surface area contributed by atoms with Gasteiger partial charge in [-0.2, -0.15) is 0 Å². The van der Waals surface area contributed by atoms with Crippen LogP contribution in [0.25, 0.3) is 62.3 Å². The molecular formula is C29H16OS3. The summed E-state index contributed by atoms with van der Waals surface area (Å²) in [4.78, 5) is 18.0. The Hall–Kier alpha value is -3.31. The van der Waals surface area contributed by atoms with Crippen LogP contribution in [-0.4, -0.2) is 6.29 Å². The van der Waals surface area contributed by atoms with Crippen LogP contribution in [0.15, 0.2) is 91.0 Å². The number of rotatable bonds is 4. The molecule has 0 spiro atoms. The van der Waals surface area contributed by atoms with Gasteiger partial charge in [0.2, 0.25) is 0 Å². The van der Waals surface area contributed by atoms with E-state index in [9.17, 15) is 4.79 Å². The molecule has 7 rings (SSSR count). The van der Waals surface area contributed by atoms with Crippen molar-refractivity contribution >= 4 is 72.6 Å². The lowest BCUT2D eigenvalue weighted by atomic mass is 9.91. The lowest BCUT2D eigenvalue weighted by molar-refractivity contribution is 0.112. The van der Waals surface area contributed by atoms with Gasteiger partial charge in [-0.15, -0.1) is 34.0 Å². The van der Waals surface area contributed by atoms with Crippen molar-refractivity contribution in [3.63, 3.8) is 0 Å². The smallest absolute Gasteiger partial charge is 0.160 e. The Kier molecular flexibility index (Phi) is 4.28. The van der Waals surface area contributed by atoms with Crippen molar-refractivity contribution < 1.29 is 4.79 Å². The van der Waals surface area contributed by atoms with Crippen LogP contribution < -0.4 is 0 Å². The van der Waals surface area contributed by atoms with E-state index in [1.165, 1.54) is 57.4 Å². The Balaban J connectivity index is 1.34. The first-order valence-electron chi connectivity index (χ1n) is 10.7. The molecule has 3 heterocycles.